The predicted octanol–water partition coefficient (Wildman–Crippen LogP) is 3.49. The van der Waals surface area contributed by atoms with Gasteiger partial charge in [-0.3, -0.25) is 4.79 Å². The summed E-state index contributed by atoms with van der Waals surface area (Å²) in [6, 6.07) is 7.67. The monoisotopic (exact) mass is 479 g/mol. The zero-order valence-corrected chi connectivity index (χ0v) is 19.7. The van der Waals surface area contributed by atoms with Gasteiger partial charge < -0.3 is 5.32 Å². The first-order valence-corrected chi connectivity index (χ1v) is 11.7. The predicted molar refractivity (Wildman–Crippen MR) is 126 cm³/mol. The highest BCUT2D eigenvalue weighted by molar-refractivity contribution is 7.51. The molecule has 4 aromatic rings. The molecule has 0 aliphatic heterocycles. The molecule has 0 saturated heterocycles. The van der Waals surface area contributed by atoms with E-state index < -0.39 is 11.6 Å². The van der Waals surface area contributed by atoms with Crippen LogP contribution in [0.3, 0.4) is 0 Å². The van der Waals surface area contributed by atoms with E-state index in [1.165, 1.54) is 19.0 Å². The molecule has 0 aromatic carbocycles. The summed E-state index contributed by atoms with van der Waals surface area (Å²) in [7, 11) is 0. The van der Waals surface area contributed by atoms with Gasteiger partial charge in [0.2, 0.25) is 0 Å². The number of nitrogens with one attached hydrogen (secondary N) is 1. The van der Waals surface area contributed by atoms with Crippen LogP contribution in [0.1, 0.15) is 60.1 Å². The number of fused-ring (bicyclic) bond motifs is 1. The fourth-order valence-electron chi connectivity index (χ4n) is 4.17. The second-order valence-corrected chi connectivity index (χ2v) is 8.62. The zero-order valence-electron chi connectivity index (χ0n) is 18.9. The molecule has 1 amide bonds. The number of carbonyl (C=O) groups is 1. The minimum absolute atomic E-state index is 0.272. The van der Waals surface area contributed by atoms with Crippen molar-refractivity contribution >= 4 is 28.9 Å². The first kappa shape index (κ1) is 23.4. The van der Waals surface area contributed by atoms with Crippen molar-refractivity contribution in [3.8, 4) is 5.82 Å². The van der Waals surface area contributed by atoms with Crippen LogP contribution in [-0.4, -0.2) is 43.7 Å². The number of hydrogen-bond donors (Lipinski definition) is 1. The summed E-state index contributed by atoms with van der Waals surface area (Å²) in [5.74, 6) is 2.17. The minimum Gasteiger partial charge on any atom is -0.306 e. The molecule has 10 nitrogen and oxygen atoms in total. The molecule has 0 radical (unpaired) electrons. The summed E-state index contributed by atoms with van der Waals surface area (Å²) in [4.78, 5) is 21.9. The largest absolute Gasteiger partial charge is 0.335 e. The van der Waals surface area contributed by atoms with Crippen LogP contribution in [0.2, 0.25) is 0 Å². The van der Waals surface area contributed by atoms with Crippen LogP contribution in [0.15, 0.2) is 49.1 Å². The molecular weight excluding hydrogens is 454 g/mol. The van der Waals surface area contributed by atoms with Gasteiger partial charge in [0, 0.05) is 30.6 Å². The molecule has 1 aliphatic rings. The molecule has 1 N–H and O–H groups in total. The number of nitrogens with zero attached hydrogens (tertiary/aromatic N) is 6. The van der Waals surface area contributed by atoms with Gasteiger partial charge in [0.25, 0.3) is 5.91 Å². The van der Waals surface area contributed by atoms with Crippen molar-refractivity contribution in [2.75, 3.05) is 5.32 Å². The molecule has 0 bridgehead atoms. The summed E-state index contributed by atoms with van der Waals surface area (Å²) >= 11 is -0.750. The number of aromatic nitrogens is 6. The van der Waals surface area contributed by atoms with E-state index in [2.05, 4.69) is 27.3 Å². The number of pyridine rings is 1. The molecule has 1 saturated carbocycles. The maximum atomic E-state index is 13.1. The molecule has 176 valence electrons. The standard InChI is InChI=1S/C23H25N7O.O2S/c1-15-4-7-17(8-5-15)19-12-21(30(28-19)20-9-6-16(2)13-25-20)27-23(31)18-14-26-29-11-3-10-24-22(18)29;1-3-2/h3,6,9-15,17H,4-5,7-8H2,1-2H3,(H,27,31);. The molecular formula is C23H25N7O3S. The Labute approximate surface area is 200 Å². The van der Waals surface area contributed by atoms with Crippen molar-refractivity contribution in [1.29, 1.82) is 0 Å². The van der Waals surface area contributed by atoms with Gasteiger partial charge in [0.1, 0.15) is 11.4 Å². The second kappa shape index (κ2) is 10.5. The number of aryl methyl sites for hydroxylation is 1. The van der Waals surface area contributed by atoms with Crippen molar-refractivity contribution in [2.45, 2.75) is 45.4 Å². The lowest BCUT2D eigenvalue weighted by Gasteiger charge is -2.24. The summed E-state index contributed by atoms with van der Waals surface area (Å²) < 4.78 is 19.9. The Kier molecular flexibility index (Phi) is 7.21. The molecule has 5 rings (SSSR count). The van der Waals surface area contributed by atoms with Crippen LogP contribution < -0.4 is 5.32 Å². The molecule has 34 heavy (non-hydrogen) atoms. The third-order valence-electron chi connectivity index (χ3n) is 6.04. The lowest BCUT2D eigenvalue weighted by Crippen LogP contribution is -2.15. The highest BCUT2D eigenvalue weighted by Crippen LogP contribution is 2.36. The Hall–Kier alpha value is -3.73. The van der Waals surface area contributed by atoms with Crippen LogP contribution in [0, 0.1) is 12.8 Å². The fraction of sp³-hybridized carbons (Fsp3) is 0.348. The molecule has 1 aliphatic carbocycles. The van der Waals surface area contributed by atoms with Crippen molar-refractivity contribution in [3.05, 3.63) is 65.9 Å². The van der Waals surface area contributed by atoms with E-state index in [1.807, 2.05) is 25.1 Å². The van der Waals surface area contributed by atoms with Crippen molar-refractivity contribution in [3.63, 3.8) is 0 Å². The lowest BCUT2D eigenvalue weighted by atomic mass is 9.81. The van der Waals surface area contributed by atoms with Gasteiger partial charge in [-0.2, -0.15) is 23.3 Å². The Morgan fingerprint density at radius 3 is 2.59 bits per heavy atom. The Balaban J connectivity index is 0.000000868. The number of carbonyl (C=O) groups excluding carboxylic acids is 1. The maximum absolute atomic E-state index is 13.1. The molecule has 0 unspecified atom stereocenters. The molecule has 4 aromatic heterocycles. The molecule has 1 fully saturated rings. The Bertz CT molecular complexity index is 1320. The van der Waals surface area contributed by atoms with Gasteiger partial charge in [-0.05, 0) is 43.4 Å². The molecule has 4 heterocycles. The van der Waals surface area contributed by atoms with E-state index >= 15 is 0 Å². The Morgan fingerprint density at radius 2 is 1.88 bits per heavy atom. The molecule has 0 atom stereocenters. The first-order valence-electron chi connectivity index (χ1n) is 11.0. The van der Waals surface area contributed by atoms with Crippen LogP contribution in [0.5, 0.6) is 0 Å². The first-order chi connectivity index (χ1) is 16.5. The summed E-state index contributed by atoms with van der Waals surface area (Å²) in [6.07, 6.45) is 11.4. The topological polar surface area (TPSA) is 124 Å². The lowest BCUT2D eigenvalue weighted by molar-refractivity contribution is 0.102. The average Bonchev–Trinajstić information content (AvgIpc) is 3.45. The third kappa shape index (κ3) is 5.09. The average molecular weight is 480 g/mol. The van der Waals surface area contributed by atoms with Gasteiger partial charge in [-0.15, -0.1) is 0 Å². The van der Waals surface area contributed by atoms with Gasteiger partial charge >= 0.3 is 11.6 Å². The van der Waals surface area contributed by atoms with E-state index in [4.69, 9.17) is 13.5 Å². The van der Waals surface area contributed by atoms with Crippen LogP contribution in [0.4, 0.5) is 5.82 Å². The van der Waals surface area contributed by atoms with Gasteiger partial charge in [0.05, 0.1) is 11.9 Å². The minimum atomic E-state index is -0.750. The third-order valence-corrected chi connectivity index (χ3v) is 6.04. The van der Waals surface area contributed by atoms with E-state index in [9.17, 15) is 4.79 Å². The fourth-order valence-corrected chi connectivity index (χ4v) is 4.17. The highest BCUT2D eigenvalue weighted by atomic mass is 32.1. The number of anilines is 1. The summed E-state index contributed by atoms with van der Waals surface area (Å²) in [5.41, 5.74) is 3.00. The van der Waals surface area contributed by atoms with Crippen LogP contribution >= 0.6 is 0 Å². The number of rotatable bonds is 4. The van der Waals surface area contributed by atoms with Crippen molar-refractivity contribution in [1.82, 2.24) is 29.4 Å². The van der Waals surface area contributed by atoms with Crippen LogP contribution in [0.25, 0.3) is 11.5 Å². The smallest absolute Gasteiger partial charge is 0.306 e. The molecule has 0 spiro atoms. The number of hydrogen-bond acceptors (Lipinski definition) is 7. The quantitative estimate of drug-likeness (QED) is 0.475. The van der Waals surface area contributed by atoms with E-state index in [0.29, 0.717) is 28.8 Å². The van der Waals surface area contributed by atoms with E-state index in [1.54, 1.807) is 33.9 Å². The van der Waals surface area contributed by atoms with Gasteiger partial charge in [-0.1, -0.05) is 25.8 Å². The maximum Gasteiger partial charge on any atom is 0.335 e. The van der Waals surface area contributed by atoms with Crippen molar-refractivity contribution < 1.29 is 13.2 Å². The molecule has 11 heteroatoms. The normalized spacial score (nSPS) is 17.6. The van der Waals surface area contributed by atoms with Gasteiger partial charge in [0.15, 0.2) is 11.5 Å². The Morgan fingerprint density at radius 1 is 1.12 bits per heavy atom. The van der Waals surface area contributed by atoms with Crippen LogP contribution in [-0.2, 0) is 11.6 Å². The SMILES string of the molecule is Cc1ccc(-n2nc(C3CCC(C)CC3)cc2NC(=O)c2cnn3cccnc23)nc1.O=S=O. The second-order valence-electron chi connectivity index (χ2n) is 8.49. The highest BCUT2D eigenvalue weighted by Gasteiger charge is 2.25. The van der Waals surface area contributed by atoms with E-state index in [0.717, 1.165) is 30.0 Å². The van der Waals surface area contributed by atoms with Crippen molar-refractivity contribution in [2.24, 2.45) is 5.92 Å². The van der Waals surface area contributed by atoms with E-state index in [-0.39, 0.29) is 5.91 Å². The van der Waals surface area contributed by atoms with Gasteiger partial charge in [-0.25, -0.2) is 14.5 Å². The number of amides is 1. The zero-order chi connectivity index (χ0) is 24.1. The summed E-state index contributed by atoms with van der Waals surface area (Å²) in [6.45, 7) is 4.30. The summed E-state index contributed by atoms with van der Waals surface area (Å²) in [5, 5.41) is 12.1.